The van der Waals surface area contributed by atoms with Crippen molar-refractivity contribution in [3.63, 3.8) is 0 Å². The Balaban J connectivity index is 1.90. The van der Waals surface area contributed by atoms with Gasteiger partial charge in [-0.25, -0.2) is 0 Å². The summed E-state index contributed by atoms with van der Waals surface area (Å²) in [6.45, 7) is 2.69. The predicted octanol–water partition coefficient (Wildman–Crippen LogP) is 4.68. The average molecular weight is 385 g/mol. The number of hydrogen-bond acceptors (Lipinski definition) is 4. The van der Waals surface area contributed by atoms with Crippen LogP contribution in [0.5, 0.6) is 11.5 Å². The van der Waals surface area contributed by atoms with Crippen molar-refractivity contribution in [3.8, 4) is 11.5 Å². The first-order valence-electron chi connectivity index (χ1n) is 6.59. The van der Waals surface area contributed by atoms with Gasteiger partial charge in [-0.05, 0) is 48.9 Å². The molecule has 2 aromatic carbocycles. The summed E-state index contributed by atoms with van der Waals surface area (Å²) < 4.78 is 12.1. The van der Waals surface area contributed by atoms with E-state index < -0.39 is 0 Å². The smallest absolute Gasteiger partial charge is 0.128 e. The zero-order valence-corrected chi connectivity index (χ0v) is 14.3. The van der Waals surface area contributed by atoms with Crippen molar-refractivity contribution < 1.29 is 14.7 Å². The summed E-state index contributed by atoms with van der Waals surface area (Å²) in [5.41, 5.74) is 1.65. The van der Waals surface area contributed by atoms with Gasteiger partial charge in [-0.15, -0.1) is 0 Å². The van der Waals surface area contributed by atoms with Crippen LogP contribution >= 0.6 is 27.5 Å². The Morgan fingerprint density at radius 2 is 1.95 bits per heavy atom. The van der Waals surface area contributed by atoms with Crippen LogP contribution in [0.4, 0.5) is 0 Å². The van der Waals surface area contributed by atoms with E-state index in [1.165, 1.54) is 6.21 Å². The molecule has 0 atom stereocenters. The molecule has 0 heterocycles. The molecule has 0 bridgehead atoms. The summed E-state index contributed by atoms with van der Waals surface area (Å²) in [7, 11) is 0. The molecule has 0 amide bonds. The molecule has 0 aliphatic rings. The fourth-order valence-electron chi connectivity index (χ4n) is 1.83. The fraction of sp³-hybridized carbons (Fsp3) is 0.188. The highest BCUT2D eigenvalue weighted by atomic mass is 79.9. The van der Waals surface area contributed by atoms with E-state index in [1.54, 1.807) is 18.2 Å². The first-order chi connectivity index (χ1) is 10.6. The number of rotatable bonds is 6. The zero-order valence-electron chi connectivity index (χ0n) is 11.9. The minimum absolute atomic E-state index is 0.371. The number of ether oxygens (including phenoxy) is 2. The molecule has 1 N–H and O–H groups in total. The second-order valence-electron chi connectivity index (χ2n) is 4.53. The van der Waals surface area contributed by atoms with Crippen LogP contribution < -0.4 is 9.47 Å². The highest BCUT2D eigenvalue weighted by Crippen LogP contribution is 2.23. The maximum atomic E-state index is 8.67. The fourth-order valence-corrected chi connectivity index (χ4v) is 2.33. The summed E-state index contributed by atoms with van der Waals surface area (Å²) >= 11 is 9.32. The van der Waals surface area contributed by atoms with Crippen LogP contribution in [0.2, 0.25) is 5.02 Å². The summed E-state index contributed by atoms with van der Waals surface area (Å²) in [6, 6.07) is 11.0. The lowest BCUT2D eigenvalue weighted by atomic mass is 10.2. The summed E-state index contributed by atoms with van der Waals surface area (Å²) in [5.74, 6) is 1.37. The molecule has 0 saturated carbocycles. The number of benzene rings is 2. The molecular weight excluding hydrogens is 370 g/mol. The van der Waals surface area contributed by atoms with E-state index >= 15 is 0 Å². The summed E-state index contributed by atoms with van der Waals surface area (Å²) in [4.78, 5) is 0. The van der Waals surface area contributed by atoms with Gasteiger partial charge in [-0.2, -0.15) is 0 Å². The van der Waals surface area contributed by atoms with Crippen molar-refractivity contribution in [1.82, 2.24) is 0 Å². The van der Waals surface area contributed by atoms with E-state index in [4.69, 9.17) is 26.3 Å². The second kappa shape index (κ2) is 8.06. The monoisotopic (exact) mass is 383 g/mol. The van der Waals surface area contributed by atoms with Crippen molar-refractivity contribution in [2.75, 3.05) is 13.2 Å². The summed E-state index contributed by atoms with van der Waals surface area (Å²) in [5, 5.41) is 12.4. The van der Waals surface area contributed by atoms with Gasteiger partial charge < -0.3 is 14.7 Å². The van der Waals surface area contributed by atoms with E-state index in [2.05, 4.69) is 21.1 Å². The maximum Gasteiger partial charge on any atom is 0.128 e. The summed E-state index contributed by atoms with van der Waals surface area (Å²) in [6.07, 6.45) is 1.32. The molecule has 0 radical (unpaired) electrons. The van der Waals surface area contributed by atoms with Gasteiger partial charge in [0.05, 0.1) is 6.21 Å². The Morgan fingerprint density at radius 3 is 2.68 bits per heavy atom. The van der Waals surface area contributed by atoms with Crippen molar-refractivity contribution in [2.45, 2.75) is 6.92 Å². The minimum atomic E-state index is 0.371. The van der Waals surface area contributed by atoms with Crippen LogP contribution in [-0.4, -0.2) is 24.6 Å². The molecule has 4 nitrogen and oxygen atoms in total. The lowest BCUT2D eigenvalue weighted by molar-refractivity contribution is 0.217. The molecule has 0 saturated heterocycles. The van der Waals surface area contributed by atoms with E-state index in [0.29, 0.717) is 29.5 Å². The van der Waals surface area contributed by atoms with E-state index in [0.717, 1.165) is 15.8 Å². The molecule has 0 aliphatic heterocycles. The van der Waals surface area contributed by atoms with Gasteiger partial charge in [0.1, 0.15) is 24.7 Å². The predicted molar refractivity (Wildman–Crippen MR) is 90.7 cm³/mol. The zero-order chi connectivity index (χ0) is 15.9. The van der Waals surface area contributed by atoms with Crippen LogP contribution in [0.1, 0.15) is 11.1 Å². The highest BCUT2D eigenvalue weighted by Gasteiger charge is 2.04. The Bertz CT molecular complexity index is 676. The van der Waals surface area contributed by atoms with Gasteiger partial charge in [-0.1, -0.05) is 32.7 Å². The van der Waals surface area contributed by atoms with Gasteiger partial charge in [0.2, 0.25) is 0 Å². The van der Waals surface area contributed by atoms with E-state index in [1.807, 2.05) is 25.1 Å². The van der Waals surface area contributed by atoms with Crippen molar-refractivity contribution in [1.29, 1.82) is 0 Å². The normalized spacial score (nSPS) is 10.9. The number of halogens is 2. The highest BCUT2D eigenvalue weighted by molar-refractivity contribution is 9.10. The van der Waals surface area contributed by atoms with Crippen LogP contribution in [0.15, 0.2) is 46.0 Å². The van der Waals surface area contributed by atoms with Crippen LogP contribution in [0, 0.1) is 6.92 Å². The largest absolute Gasteiger partial charge is 0.490 e. The average Bonchev–Trinajstić information content (AvgIpc) is 2.49. The van der Waals surface area contributed by atoms with E-state index in [9.17, 15) is 0 Å². The molecule has 0 unspecified atom stereocenters. The van der Waals surface area contributed by atoms with Crippen LogP contribution in [0.3, 0.4) is 0 Å². The molecule has 116 valence electrons. The number of nitrogens with zero attached hydrogens (tertiary/aromatic N) is 1. The third-order valence-corrected chi connectivity index (χ3v) is 3.83. The SMILES string of the molecule is Cc1cc(OCCOc2ccc(Br)cc2C=NO)ccc1Cl. The molecule has 0 spiro atoms. The molecule has 2 aromatic rings. The van der Waals surface area contributed by atoms with Gasteiger partial charge in [0.25, 0.3) is 0 Å². The van der Waals surface area contributed by atoms with Crippen molar-refractivity contribution >= 4 is 33.7 Å². The molecule has 0 fully saturated rings. The lowest BCUT2D eigenvalue weighted by Crippen LogP contribution is -2.10. The van der Waals surface area contributed by atoms with Gasteiger partial charge >= 0.3 is 0 Å². The van der Waals surface area contributed by atoms with Gasteiger partial charge in [0, 0.05) is 15.1 Å². The van der Waals surface area contributed by atoms with Gasteiger partial charge in [-0.3, -0.25) is 0 Å². The Labute approximate surface area is 142 Å². The Kier molecular flexibility index (Phi) is 6.10. The molecule has 0 aliphatic carbocycles. The van der Waals surface area contributed by atoms with Crippen molar-refractivity contribution in [3.05, 3.63) is 57.0 Å². The molecule has 22 heavy (non-hydrogen) atoms. The quantitative estimate of drug-likeness (QED) is 0.340. The first-order valence-corrected chi connectivity index (χ1v) is 7.76. The minimum Gasteiger partial charge on any atom is -0.490 e. The molecule has 0 aromatic heterocycles. The van der Waals surface area contributed by atoms with Crippen molar-refractivity contribution in [2.24, 2.45) is 5.16 Å². The first kappa shape index (κ1) is 16.6. The number of aryl methyl sites for hydroxylation is 1. The number of oxime groups is 1. The topological polar surface area (TPSA) is 51.0 Å². The third-order valence-electron chi connectivity index (χ3n) is 2.91. The van der Waals surface area contributed by atoms with Crippen LogP contribution in [-0.2, 0) is 0 Å². The standard InChI is InChI=1S/C16H15BrClNO3/c1-11-8-14(3-4-15(11)18)21-6-7-22-16-5-2-13(17)9-12(16)10-19-20/h2-5,8-10,20H,6-7H2,1H3. The lowest BCUT2D eigenvalue weighted by Gasteiger charge is -2.11. The number of hydrogen-bond donors (Lipinski definition) is 1. The molecule has 6 heteroatoms. The second-order valence-corrected chi connectivity index (χ2v) is 5.86. The third kappa shape index (κ3) is 4.64. The van der Waals surface area contributed by atoms with E-state index in [-0.39, 0.29) is 0 Å². The Morgan fingerprint density at radius 1 is 1.18 bits per heavy atom. The van der Waals surface area contributed by atoms with Gasteiger partial charge in [0.15, 0.2) is 0 Å². The molecule has 2 rings (SSSR count). The van der Waals surface area contributed by atoms with Crippen LogP contribution in [0.25, 0.3) is 0 Å². The maximum absolute atomic E-state index is 8.67. The Hall–Kier alpha value is -1.72. The molecular formula is C16H15BrClNO3.